The van der Waals surface area contributed by atoms with Crippen molar-refractivity contribution >= 4 is 21.6 Å². The van der Waals surface area contributed by atoms with Crippen LogP contribution in [0, 0.1) is 0 Å². The summed E-state index contributed by atoms with van der Waals surface area (Å²) >= 11 is 0. The fourth-order valence-corrected chi connectivity index (χ4v) is 5.66. The summed E-state index contributed by atoms with van der Waals surface area (Å²) in [5.41, 5.74) is 8.07. The Bertz CT molecular complexity index is 1200. The average Bonchev–Trinajstić information content (AvgIpc) is 3.19. The topological polar surface area (TPSA) is 142 Å². The molecule has 3 rings (SSSR count). The van der Waals surface area contributed by atoms with Crippen LogP contribution in [0.3, 0.4) is 0 Å². The van der Waals surface area contributed by atoms with E-state index < -0.39 is 27.5 Å². The second-order valence-corrected chi connectivity index (χ2v) is 11.3. The van der Waals surface area contributed by atoms with Crippen molar-refractivity contribution < 1.29 is 31.5 Å². The van der Waals surface area contributed by atoms with Crippen LogP contribution >= 0.6 is 0 Å². The quantitative estimate of drug-likeness (QED) is 0.301. The normalized spacial score (nSPS) is 17.8. The van der Waals surface area contributed by atoms with Crippen molar-refractivity contribution in [3.05, 3.63) is 52.6 Å². The second-order valence-electron chi connectivity index (χ2n) is 9.20. The third-order valence-corrected chi connectivity index (χ3v) is 8.16. The molecule has 1 unspecified atom stereocenters. The van der Waals surface area contributed by atoms with E-state index in [1.165, 1.54) is 5.01 Å². The van der Waals surface area contributed by atoms with E-state index in [1.54, 1.807) is 0 Å². The van der Waals surface area contributed by atoms with Crippen LogP contribution in [0.15, 0.2) is 56.9 Å². The molecule has 13 heteroatoms. The molecule has 0 fully saturated rings. The number of carboxylic acids is 1. The van der Waals surface area contributed by atoms with Gasteiger partial charge in [-0.3, -0.25) is 9.80 Å². The molecular formula is C25H36F3N5O4S. The zero-order valence-corrected chi connectivity index (χ0v) is 22.9. The number of hydrogen-bond acceptors (Lipinski definition) is 8. The second kappa shape index (κ2) is 12.7. The fourth-order valence-electron chi connectivity index (χ4n) is 4.29. The Morgan fingerprint density at radius 1 is 1.13 bits per heavy atom. The number of unbranched alkanes of at least 4 members (excludes halogenated alkanes) is 2. The van der Waals surface area contributed by atoms with E-state index in [4.69, 9.17) is 26.5 Å². The van der Waals surface area contributed by atoms with Crippen molar-refractivity contribution in [1.29, 1.82) is 0 Å². The number of aliphatic carboxylic acids is 1. The van der Waals surface area contributed by atoms with Crippen LogP contribution in [0.4, 0.5) is 13.2 Å². The molecule has 0 amide bonds. The minimum absolute atomic E-state index is 0.0720. The monoisotopic (exact) mass is 559 g/mol. The third-order valence-electron chi connectivity index (χ3n) is 6.34. The lowest BCUT2D eigenvalue weighted by Crippen LogP contribution is -2.45. The number of amidine groups is 1. The van der Waals surface area contributed by atoms with Crippen LogP contribution in [-0.2, 0) is 20.8 Å². The molecule has 0 radical (unpaired) electrons. The Balaban J connectivity index is 0.00000118. The van der Waals surface area contributed by atoms with Gasteiger partial charge in [0, 0.05) is 25.6 Å². The number of rotatable bonds is 9. The van der Waals surface area contributed by atoms with Crippen molar-refractivity contribution in [2.24, 2.45) is 16.6 Å². The van der Waals surface area contributed by atoms with Gasteiger partial charge in [-0.2, -0.15) is 13.2 Å². The SMILES string of the molecule is CC(=O)O.CCCC1=NC2=C(N)N(N)C(C)=C(C)C2N1CCCCCS(=O)(=O)c1ccc(C(F)(F)F)cc1. The molecule has 2 heterocycles. The number of aliphatic imine (C=N–C) groups is 1. The molecule has 5 N–H and O–H groups in total. The van der Waals surface area contributed by atoms with Gasteiger partial charge in [0.1, 0.15) is 17.4 Å². The molecule has 0 aliphatic carbocycles. The number of sulfone groups is 1. The lowest BCUT2D eigenvalue weighted by Gasteiger charge is -2.36. The fraction of sp³-hybridized carbons (Fsp3) is 0.520. The van der Waals surface area contributed by atoms with Crippen molar-refractivity contribution in [2.45, 2.75) is 76.9 Å². The Kier molecular flexibility index (Phi) is 10.4. The van der Waals surface area contributed by atoms with E-state index in [2.05, 4.69) is 11.8 Å². The first kappa shape index (κ1) is 31.2. The Morgan fingerprint density at radius 3 is 2.24 bits per heavy atom. The van der Waals surface area contributed by atoms with Crippen molar-refractivity contribution in [3.8, 4) is 0 Å². The molecule has 1 aromatic rings. The summed E-state index contributed by atoms with van der Waals surface area (Å²) in [5, 5.41) is 8.88. The van der Waals surface area contributed by atoms with Crippen LogP contribution in [-0.4, -0.2) is 53.6 Å². The smallest absolute Gasteiger partial charge is 0.416 e. The summed E-state index contributed by atoms with van der Waals surface area (Å²) in [6, 6.07) is 3.58. The number of fused-ring (bicyclic) bond motifs is 1. The first-order chi connectivity index (χ1) is 17.6. The van der Waals surface area contributed by atoms with Gasteiger partial charge in [0.05, 0.1) is 22.3 Å². The minimum Gasteiger partial charge on any atom is -0.481 e. The number of carboxylic acid groups (broad SMARTS) is 1. The molecule has 0 bridgehead atoms. The third kappa shape index (κ3) is 7.50. The molecule has 38 heavy (non-hydrogen) atoms. The van der Waals surface area contributed by atoms with Crippen molar-refractivity contribution in [1.82, 2.24) is 9.91 Å². The lowest BCUT2D eigenvalue weighted by molar-refractivity contribution is -0.137. The largest absolute Gasteiger partial charge is 0.481 e. The molecular weight excluding hydrogens is 523 g/mol. The van der Waals surface area contributed by atoms with Crippen LogP contribution < -0.4 is 11.6 Å². The highest BCUT2D eigenvalue weighted by Crippen LogP contribution is 2.36. The van der Waals surface area contributed by atoms with Gasteiger partial charge in [-0.1, -0.05) is 13.3 Å². The maximum absolute atomic E-state index is 12.7. The Labute approximate surface area is 221 Å². The zero-order valence-electron chi connectivity index (χ0n) is 22.0. The van der Waals surface area contributed by atoms with Gasteiger partial charge in [0.25, 0.3) is 5.97 Å². The number of allylic oxidation sites excluding steroid dienone is 1. The van der Waals surface area contributed by atoms with Gasteiger partial charge in [0.2, 0.25) is 0 Å². The predicted octanol–water partition coefficient (Wildman–Crippen LogP) is 4.23. The highest BCUT2D eigenvalue weighted by molar-refractivity contribution is 7.91. The van der Waals surface area contributed by atoms with E-state index in [9.17, 15) is 21.6 Å². The van der Waals surface area contributed by atoms with Crippen molar-refractivity contribution in [3.63, 3.8) is 0 Å². The van der Waals surface area contributed by atoms with Gasteiger partial charge in [-0.05, 0) is 62.9 Å². The van der Waals surface area contributed by atoms with Gasteiger partial charge in [0.15, 0.2) is 9.84 Å². The maximum atomic E-state index is 12.7. The number of hydrogen-bond donors (Lipinski definition) is 3. The van der Waals surface area contributed by atoms with E-state index >= 15 is 0 Å². The number of carbonyl (C=O) groups is 1. The molecule has 0 aromatic heterocycles. The zero-order chi connectivity index (χ0) is 28.8. The first-order valence-corrected chi connectivity index (χ1v) is 13.9. The molecule has 2 aliphatic rings. The highest BCUT2D eigenvalue weighted by Gasteiger charge is 2.39. The van der Waals surface area contributed by atoms with Crippen LogP contribution in [0.5, 0.6) is 0 Å². The number of nitrogens with zero attached hydrogens (tertiary/aromatic N) is 3. The molecule has 0 saturated heterocycles. The summed E-state index contributed by atoms with van der Waals surface area (Å²) < 4.78 is 63.2. The minimum atomic E-state index is -4.50. The molecule has 1 aromatic carbocycles. The number of halogens is 3. The highest BCUT2D eigenvalue weighted by atomic mass is 32.2. The van der Waals surface area contributed by atoms with Gasteiger partial charge < -0.3 is 15.7 Å². The summed E-state index contributed by atoms with van der Waals surface area (Å²) in [6.45, 7) is 7.78. The van der Waals surface area contributed by atoms with Crippen molar-refractivity contribution in [2.75, 3.05) is 12.3 Å². The molecule has 0 spiro atoms. The molecule has 1 atom stereocenters. The molecule has 9 nitrogen and oxygen atoms in total. The van der Waals surface area contributed by atoms with E-state index in [-0.39, 0.29) is 16.7 Å². The number of alkyl halides is 3. The standard InChI is InChI=1S/C23H32F3N5O2S.C2H4O2/c1-4-8-19-29-20-21(15(2)16(3)31(28)22(20)27)30(19)13-6-5-7-14-34(32,33)18-11-9-17(10-12-18)23(24,25)26;1-2(3)4/h9-12,21H,4-8,13-14,27-28H2,1-3H3;1H3,(H,3,4). The number of nitrogens with two attached hydrogens (primary N) is 2. The average molecular weight is 560 g/mol. The maximum Gasteiger partial charge on any atom is 0.416 e. The van der Waals surface area contributed by atoms with E-state index in [1.807, 2.05) is 13.8 Å². The van der Waals surface area contributed by atoms with Crippen LogP contribution in [0.2, 0.25) is 0 Å². The summed E-state index contributed by atoms with van der Waals surface area (Å²) in [6.07, 6.45) is -0.960. The molecule has 0 saturated carbocycles. The number of benzene rings is 1. The molecule has 2 aliphatic heterocycles. The summed E-state index contributed by atoms with van der Waals surface area (Å²) in [5.74, 6) is 6.52. The first-order valence-electron chi connectivity index (χ1n) is 12.3. The summed E-state index contributed by atoms with van der Waals surface area (Å²) in [7, 11) is -3.65. The predicted molar refractivity (Wildman–Crippen MR) is 139 cm³/mol. The van der Waals surface area contributed by atoms with Crippen LogP contribution in [0.1, 0.15) is 65.4 Å². The van der Waals surface area contributed by atoms with E-state index in [0.29, 0.717) is 25.2 Å². The summed E-state index contributed by atoms with van der Waals surface area (Å²) in [4.78, 5) is 15.9. The number of hydrazine groups is 1. The van der Waals surface area contributed by atoms with Gasteiger partial charge >= 0.3 is 6.18 Å². The van der Waals surface area contributed by atoms with Gasteiger partial charge in [-0.15, -0.1) is 0 Å². The van der Waals surface area contributed by atoms with E-state index in [0.717, 1.165) is 73.3 Å². The molecule has 212 valence electrons. The Morgan fingerprint density at radius 2 is 1.71 bits per heavy atom. The van der Waals surface area contributed by atoms with Crippen LogP contribution in [0.25, 0.3) is 0 Å². The Hall–Kier alpha value is -3.06. The van der Waals surface area contributed by atoms with Gasteiger partial charge in [-0.25, -0.2) is 19.3 Å². The lowest BCUT2D eigenvalue weighted by atomic mass is 9.99.